The molecular weight excluding hydrogens is 1400 g/mol. The first-order chi connectivity index (χ1) is 40.2. The van der Waals surface area contributed by atoms with E-state index in [0.29, 0.717) is 62.0 Å². The first-order valence-electron chi connectivity index (χ1n) is 24.8. The minimum atomic E-state index is -4.74. The number of nitrogens with zero attached hydrogens (tertiary/aromatic N) is 8. The summed E-state index contributed by atoms with van der Waals surface area (Å²) in [4.78, 5) is 45.7. The zero-order chi connectivity index (χ0) is 59.7. The maximum atomic E-state index is 14.0. The Bertz CT molecular complexity index is 4030. The summed E-state index contributed by atoms with van der Waals surface area (Å²) in [5, 5.41) is 41.9. The molecule has 88 heavy (non-hydrogen) atoms. The van der Waals surface area contributed by atoms with Crippen molar-refractivity contribution in [1.29, 1.82) is 0 Å². The SMILES string of the molecule is CC(O)CNS(=O)(=O)CCCS(=O)(=O)c1ccc2c(c1)C1=N/C2=N\C2[N-]C(/N=C3\N=C(N=c4[n-]c(c5cc(S(=O)(=O)CCCS(=O)(=O)[O-])ccc45)=N1)c1ccc(SOOCCCSOO[O-])cc13)c1cc(SOOCCCSOO[O-])ccc12.[Cu+2].[Na+].[Na+].[Na+]. The maximum absolute atomic E-state index is 14.0. The molecule has 1 aromatic heterocycles. The van der Waals surface area contributed by atoms with Crippen molar-refractivity contribution in [3.8, 4) is 0 Å². The summed E-state index contributed by atoms with van der Waals surface area (Å²) in [6.45, 7) is 1.42. The molecule has 3 atom stereocenters. The van der Waals surface area contributed by atoms with Gasteiger partial charge in [0.15, 0.2) is 31.3 Å². The Labute approximate surface area is 598 Å². The molecule has 0 spiro atoms. The normalized spacial score (nSPS) is 17.4. The number of sulfone groups is 2. The van der Waals surface area contributed by atoms with E-state index in [1.54, 1.807) is 36.4 Å². The molecule has 41 heteroatoms. The van der Waals surface area contributed by atoms with Crippen molar-refractivity contribution in [2.45, 2.75) is 70.6 Å². The van der Waals surface area contributed by atoms with Crippen LogP contribution in [0, 0.1) is 0 Å². The number of aliphatic hydroxyl groups excluding tert-OH is 1. The largest absolute Gasteiger partial charge is 2.00 e. The topological polar surface area (TPSA) is 414 Å². The Morgan fingerprint density at radius 2 is 1.09 bits per heavy atom. The number of sulfonamides is 1. The summed E-state index contributed by atoms with van der Waals surface area (Å²) in [6, 6.07) is 18.5. The van der Waals surface area contributed by atoms with Gasteiger partial charge in [0.1, 0.15) is 0 Å². The predicted octanol–water partition coefficient (Wildman–Crippen LogP) is -6.83. The fourth-order valence-electron chi connectivity index (χ4n) is 8.42. The Kier molecular flexibility index (Phi) is 31.3. The predicted molar refractivity (Wildman–Crippen MR) is 300 cm³/mol. The van der Waals surface area contributed by atoms with Crippen molar-refractivity contribution < 1.29 is 197 Å². The number of fused-ring (bicyclic) bond motifs is 18. The standard InChI is InChI=1S/C47H49N9O20S8.Cu.3Na/c1-27(57)26-48-83(64,65)20-4-18-81(60,61)30-8-12-34-38(24-30)46-53-42(34)49-40-32-10-6-28(79-73-69-14-2-16-77-75-71-58)22-36(32)44(51-40)55-45-37-23-29(80-74-70-15-3-17-78-76-72-59)7-11-33(37)41(52-45)50-43-35-13-9-31(25-39(35)47(54-43)56-46)82(62,63)19-5-21-84(66,67)68;;;;/h6-13,22-25,27,40,44,48,57H,2-5,14-21,26H2,1H3,(H3-,49,50,52,53,54,55,56,58,59,66,67,68);;;;/q-2;+2;3*+1/p-3. The first-order valence-corrected chi connectivity index (χ1v) is 34.7. The Balaban J connectivity index is 0.00000353. The average molecular weight is 1450 g/mol. The number of hydrogen-bond donors (Lipinski definition) is 2. The molecule has 5 aromatic rings. The van der Waals surface area contributed by atoms with Crippen molar-refractivity contribution in [2.24, 2.45) is 30.0 Å². The number of aliphatic hydroxyl groups is 1. The van der Waals surface area contributed by atoms with Crippen LogP contribution in [0.25, 0.3) is 16.1 Å². The second-order valence-corrected chi connectivity index (χ2v) is 29.0. The zero-order valence-electron chi connectivity index (χ0n) is 46.7. The Morgan fingerprint density at radius 3 is 1.70 bits per heavy atom. The van der Waals surface area contributed by atoms with E-state index >= 15 is 0 Å². The number of hydrogen-bond acceptors (Lipinski definition) is 30. The fourth-order valence-corrected chi connectivity index (χ4v) is 14.8. The van der Waals surface area contributed by atoms with Crippen molar-refractivity contribution in [1.82, 2.24) is 9.71 Å². The van der Waals surface area contributed by atoms with E-state index in [0.717, 1.165) is 48.2 Å². The molecule has 461 valence electrons. The average Bonchev–Trinajstić information content (AvgIpc) is 1.87. The summed E-state index contributed by atoms with van der Waals surface area (Å²) in [6.07, 6.45) is -2.90. The van der Waals surface area contributed by atoms with Crippen LogP contribution in [0.5, 0.6) is 0 Å². The summed E-state index contributed by atoms with van der Waals surface area (Å²) in [5.74, 6) is -1.82. The Hall–Kier alpha value is -1.14. The van der Waals surface area contributed by atoms with E-state index in [1.165, 1.54) is 43.3 Å². The second kappa shape index (κ2) is 35.6. The van der Waals surface area contributed by atoms with Crippen LogP contribution in [-0.2, 0) is 94.1 Å². The van der Waals surface area contributed by atoms with Gasteiger partial charge < -0.3 is 40.5 Å². The van der Waals surface area contributed by atoms with Crippen LogP contribution in [0.4, 0.5) is 0 Å². The maximum Gasteiger partial charge on any atom is 2.00 e. The van der Waals surface area contributed by atoms with Gasteiger partial charge in [0, 0.05) is 90.9 Å². The van der Waals surface area contributed by atoms with Crippen LogP contribution in [0.15, 0.2) is 122 Å². The van der Waals surface area contributed by atoms with Crippen LogP contribution < -0.4 is 120 Å². The van der Waals surface area contributed by atoms with E-state index in [1.807, 2.05) is 0 Å². The monoisotopic (exact) mass is 1440 g/mol. The molecule has 0 amide bonds. The van der Waals surface area contributed by atoms with Crippen molar-refractivity contribution in [2.75, 3.05) is 54.3 Å². The van der Waals surface area contributed by atoms with Gasteiger partial charge in [-0.1, -0.05) is 18.2 Å². The smallest absolute Gasteiger partial charge is 0.748 e. The molecule has 0 saturated carbocycles. The van der Waals surface area contributed by atoms with E-state index in [-0.39, 0.29) is 192 Å². The third-order valence-corrected chi connectivity index (χ3v) is 20.5. The molecule has 0 fully saturated rings. The number of aromatic nitrogens is 1. The molecule has 1 radical (unpaired) electrons. The minimum Gasteiger partial charge on any atom is -0.748 e. The van der Waals surface area contributed by atoms with Gasteiger partial charge in [-0.15, -0.1) is 0 Å². The van der Waals surface area contributed by atoms with Crippen LogP contribution in [0.1, 0.15) is 78.3 Å². The van der Waals surface area contributed by atoms with Crippen LogP contribution in [-0.4, -0.2) is 127 Å². The van der Waals surface area contributed by atoms with E-state index in [2.05, 4.69) is 23.5 Å². The van der Waals surface area contributed by atoms with E-state index in [9.17, 15) is 53.8 Å². The zero-order valence-corrected chi connectivity index (χ0v) is 60.2. The molecule has 4 aromatic carbocycles. The van der Waals surface area contributed by atoms with E-state index < -0.39 is 87.7 Å². The van der Waals surface area contributed by atoms with Crippen molar-refractivity contribution in [3.63, 3.8) is 0 Å². The van der Waals surface area contributed by atoms with Crippen LogP contribution in [0.2, 0.25) is 0 Å². The van der Waals surface area contributed by atoms with Crippen LogP contribution >= 0.6 is 48.2 Å². The molecule has 29 nitrogen and oxygen atoms in total. The summed E-state index contributed by atoms with van der Waals surface area (Å²) in [7, 11) is -17.1. The van der Waals surface area contributed by atoms with Crippen molar-refractivity contribution >= 4 is 122 Å². The summed E-state index contributed by atoms with van der Waals surface area (Å²) in [5.41, 5.74) is 2.39. The Morgan fingerprint density at radius 1 is 0.580 bits per heavy atom. The number of rotatable bonds is 31. The molecule has 9 rings (SSSR count). The van der Waals surface area contributed by atoms with Gasteiger partial charge in [0.2, 0.25) is 10.0 Å². The minimum absolute atomic E-state index is 0. The van der Waals surface area contributed by atoms with Gasteiger partial charge in [0.25, 0.3) is 0 Å². The first kappa shape index (κ1) is 77.6. The number of amidine groups is 4. The third kappa shape index (κ3) is 20.9. The molecular formula is C47H46CuN9Na3O20S8. The van der Waals surface area contributed by atoms with Crippen LogP contribution in [0.3, 0.4) is 0 Å². The second-order valence-electron chi connectivity index (χ2n) is 18.3. The molecule has 2 N–H and O–H groups in total. The quantitative estimate of drug-likeness (QED) is 0.0104. The van der Waals surface area contributed by atoms with Gasteiger partial charge in [0.05, 0.1) is 92.2 Å². The number of aliphatic imine (C=N–C) groups is 4. The molecule has 4 aliphatic rings. The van der Waals surface area contributed by atoms with Gasteiger partial charge in [-0.3, -0.25) is 20.1 Å². The number of nitrogens with one attached hydrogen (secondary N) is 1. The number of benzene rings is 4. The van der Waals surface area contributed by atoms with Gasteiger partial charge in [-0.05, 0) is 121 Å². The molecule has 3 unspecified atom stereocenters. The van der Waals surface area contributed by atoms with Gasteiger partial charge in [-0.2, -0.15) is 17.3 Å². The molecule has 4 aliphatic heterocycles. The van der Waals surface area contributed by atoms with E-state index in [4.69, 9.17) is 58.7 Å². The fraction of sp³-hybridized carbons (Fsp3) is 0.362. The van der Waals surface area contributed by atoms with Gasteiger partial charge >= 0.3 is 106 Å². The van der Waals surface area contributed by atoms with Crippen molar-refractivity contribution in [3.05, 3.63) is 122 Å². The molecule has 0 saturated heterocycles. The molecule has 0 aliphatic carbocycles. The van der Waals surface area contributed by atoms with Gasteiger partial charge in [-0.25, -0.2) is 58.2 Å². The molecule has 8 bridgehead atoms. The third-order valence-electron chi connectivity index (χ3n) is 12.2. The summed E-state index contributed by atoms with van der Waals surface area (Å²) < 4.78 is 137. The summed E-state index contributed by atoms with van der Waals surface area (Å²) >= 11 is 3.40. The molecule has 5 heterocycles.